The summed E-state index contributed by atoms with van der Waals surface area (Å²) in [4.78, 5) is 19.9. The highest BCUT2D eigenvalue weighted by Gasteiger charge is 2.25. The van der Waals surface area contributed by atoms with Crippen LogP contribution in [0.2, 0.25) is 0 Å². The summed E-state index contributed by atoms with van der Waals surface area (Å²) in [6, 6.07) is 0. The van der Waals surface area contributed by atoms with E-state index in [2.05, 4.69) is 15.3 Å². The molecule has 1 aromatic heterocycles. The Morgan fingerprint density at radius 1 is 1.50 bits per heavy atom. The number of nitrogen functional groups attached to an aromatic ring is 1. The minimum Gasteiger partial charge on any atom is -0.396 e. The van der Waals surface area contributed by atoms with Gasteiger partial charge in [-0.05, 0) is 6.42 Å². The first-order valence-corrected chi connectivity index (χ1v) is 5.76. The van der Waals surface area contributed by atoms with Crippen LogP contribution in [-0.4, -0.2) is 46.6 Å². The van der Waals surface area contributed by atoms with Crippen molar-refractivity contribution in [3.05, 3.63) is 10.4 Å². The van der Waals surface area contributed by atoms with E-state index < -0.39 is 0 Å². The van der Waals surface area contributed by atoms with Crippen molar-refractivity contribution < 1.29 is 10.2 Å². The maximum absolute atomic E-state index is 11.6. The topological polar surface area (TPSA) is 128 Å². The molecule has 8 heteroatoms. The molecule has 8 nitrogen and oxygen atoms in total. The van der Waals surface area contributed by atoms with E-state index in [-0.39, 0.29) is 30.6 Å². The number of hydrogen-bond donors (Lipinski definition) is 5. The van der Waals surface area contributed by atoms with Gasteiger partial charge in [-0.15, -0.1) is 0 Å². The molecule has 1 aliphatic rings. The van der Waals surface area contributed by atoms with Gasteiger partial charge in [0, 0.05) is 25.7 Å². The fourth-order valence-electron chi connectivity index (χ4n) is 2.00. The van der Waals surface area contributed by atoms with Gasteiger partial charge in [-0.2, -0.15) is 4.98 Å². The largest absolute Gasteiger partial charge is 0.396 e. The molecule has 0 aliphatic carbocycles. The number of nitrogens with one attached hydrogen (secondary N) is 2. The zero-order chi connectivity index (χ0) is 13.1. The molecule has 1 atom stereocenters. The third kappa shape index (κ3) is 2.39. The molecule has 6 N–H and O–H groups in total. The zero-order valence-electron chi connectivity index (χ0n) is 9.89. The zero-order valence-corrected chi connectivity index (χ0v) is 9.89. The number of aliphatic hydroxyl groups is 2. The van der Waals surface area contributed by atoms with E-state index in [1.54, 1.807) is 0 Å². The second-order valence-corrected chi connectivity index (χ2v) is 4.27. The number of H-pyrrole nitrogens is 1. The van der Waals surface area contributed by atoms with Gasteiger partial charge in [-0.1, -0.05) is 0 Å². The molecule has 0 saturated carbocycles. The summed E-state index contributed by atoms with van der Waals surface area (Å²) in [5, 5.41) is 21.0. The Morgan fingerprint density at radius 2 is 2.28 bits per heavy atom. The monoisotopic (exact) mass is 255 g/mol. The molecule has 100 valence electrons. The highest BCUT2D eigenvalue weighted by atomic mass is 16.3. The van der Waals surface area contributed by atoms with Crippen molar-refractivity contribution in [3.8, 4) is 0 Å². The van der Waals surface area contributed by atoms with E-state index in [0.717, 1.165) is 0 Å². The van der Waals surface area contributed by atoms with Crippen LogP contribution in [-0.2, 0) is 0 Å². The van der Waals surface area contributed by atoms with Crippen molar-refractivity contribution in [3.63, 3.8) is 0 Å². The SMILES string of the molecule is Nc1nc2c(c(=O)[nH]1)NCN2CC(CO)CCO. The van der Waals surface area contributed by atoms with Crippen molar-refractivity contribution in [1.29, 1.82) is 0 Å². The van der Waals surface area contributed by atoms with Crippen LogP contribution in [0.3, 0.4) is 0 Å². The van der Waals surface area contributed by atoms with Gasteiger partial charge in [0.15, 0.2) is 5.82 Å². The first-order chi connectivity index (χ1) is 8.65. The van der Waals surface area contributed by atoms with Gasteiger partial charge >= 0.3 is 0 Å². The molecule has 0 radical (unpaired) electrons. The van der Waals surface area contributed by atoms with Gasteiger partial charge in [0.25, 0.3) is 5.56 Å². The van der Waals surface area contributed by atoms with Gasteiger partial charge < -0.3 is 26.2 Å². The van der Waals surface area contributed by atoms with E-state index in [4.69, 9.17) is 10.8 Å². The van der Waals surface area contributed by atoms with E-state index in [0.29, 0.717) is 31.1 Å². The quantitative estimate of drug-likeness (QED) is 0.434. The van der Waals surface area contributed by atoms with Crippen molar-refractivity contribution in [1.82, 2.24) is 9.97 Å². The fourth-order valence-corrected chi connectivity index (χ4v) is 2.00. The molecule has 0 bridgehead atoms. The van der Waals surface area contributed by atoms with Crippen molar-refractivity contribution in [2.24, 2.45) is 5.92 Å². The third-order valence-corrected chi connectivity index (χ3v) is 2.94. The molecular formula is C10H17N5O3. The average molecular weight is 255 g/mol. The Balaban J connectivity index is 2.18. The maximum atomic E-state index is 11.6. The lowest BCUT2D eigenvalue weighted by molar-refractivity contribution is 0.186. The highest BCUT2D eigenvalue weighted by molar-refractivity contribution is 5.70. The summed E-state index contributed by atoms with van der Waals surface area (Å²) in [5.41, 5.74) is 5.60. The Morgan fingerprint density at radius 3 is 2.94 bits per heavy atom. The summed E-state index contributed by atoms with van der Waals surface area (Å²) in [6.45, 7) is 0.944. The normalized spacial score (nSPS) is 15.3. The van der Waals surface area contributed by atoms with Gasteiger partial charge in [0.1, 0.15) is 5.69 Å². The molecule has 2 rings (SSSR count). The number of aliphatic hydroxyl groups excluding tert-OH is 2. The number of rotatable bonds is 5. The van der Waals surface area contributed by atoms with E-state index in [1.807, 2.05) is 4.90 Å². The van der Waals surface area contributed by atoms with Crippen LogP contribution < -0.4 is 21.5 Å². The minimum absolute atomic E-state index is 0.0181. The first-order valence-electron chi connectivity index (χ1n) is 5.76. The molecular weight excluding hydrogens is 238 g/mol. The standard InChI is InChI=1S/C10H17N5O3/c11-10-13-8-7(9(18)14-10)12-5-15(8)3-6(4-17)1-2-16/h6,12,16-17H,1-5H2,(H3,11,13,14,18). The van der Waals surface area contributed by atoms with Gasteiger partial charge in [0.2, 0.25) is 5.95 Å². The Labute approximate surface area is 103 Å². The lowest BCUT2D eigenvalue weighted by Crippen LogP contribution is -2.31. The molecule has 1 unspecified atom stereocenters. The van der Waals surface area contributed by atoms with Crippen LogP contribution in [0.4, 0.5) is 17.5 Å². The number of aromatic nitrogens is 2. The number of fused-ring (bicyclic) bond motifs is 1. The average Bonchev–Trinajstić information content (AvgIpc) is 2.72. The van der Waals surface area contributed by atoms with Crippen LogP contribution in [0.25, 0.3) is 0 Å². The summed E-state index contributed by atoms with van der Waals surface area (Å²) < 4.78 is 0. The van der Waals surface area contributed by atoms with E-state index in [9.17, 15) is 9.90 Å². The summed E-state index contributed by atoms with van der Waals surface area (Å²) >= 11 is 0. The van der Waals surface area contributed by atoms with Gasteiger partial charge in [0.05, 0.1) is 6.67 Å². The van der Waals surface area contributed by atoms with Crippen molar-refractivity contribution >= 4 is 17.5 Å². The van der Waals surface area contributed by atoms with Crippen molar-refractivity contribution in [2.75, 3.05) is 42.4 Å². The van der Waals surface area contributed by atoms with Crippen LogP contribution in [0.5, 0.6) is 0 Å². The smallest absolute Gasteiger partial charge is 0.277 e. The maximum Gasteiger partial charge on any atom is 0.277 e. The van der Waals surface area contributed by atoms with Crippen LogP contribution in [0.1, 0.15) is 6.42 Å². The third-order valence-electron chi connectivity index (χ3n) is 2.94. The molecule has 0 spiro atoms. The second-order valence-electron chi connectivity index (χ2n) is 4.27. The van der Waals surface area contributed by atoms with E-state index in [1.165, 1.54) is 0 Å². The molecule has 1 aliphatic heterocycles. The fraction of sp³-hybridized carbons (Fsp3) is 0.600. The van der Waals surface area contributed by atoms with Crippen molar-refractivity contribution in [2.45, 2.75) is 6.42 Å². The summed E-state index contributed by atoms with van der Waals surface area (Å²) in [6.07, 6.45) is 0.501. The highest BCUT2D eigenvalue weighted by Crippen LogP contribution is 2.26. The van der Waals surface area contributed by atoms with Gasteiger partial charge in [-0.3, -0.25) is 9.78 Å². The molecule has 2 heterocycles. The lowest BCUT2D eigenvalue weighted by atomic mass is 10.1. The number of anilines is 3. The summed E-state index contributed by atoms with van der Waals surface area (Å²) in [7, 11) is 0. The van der Waals surface area contributed by atoms with Crippen LogP contribution >= 0.6 is 0 Å². The second kappa shape index (κ2) is 5.23. The van der Waals surface area contributed by atoms with E-state index >= 15 is 0 Å². The lowest BCUT2D eigenvalue weighted by Gasteiger charge is -2.22. The predicted octanol–water partition coefficient (Wildman–Crippen LogP) is -1.47. The Kier molecular flexibility index (Phi) is 3.68. The number of hydrogen-bond acceptors (Lipinski definition) is 7. The number of aromatic amines is 1. The summed E-state index contributed by atoms with van der Waals surface area (Å²) in [5.74, 6) is 0.493. The minimum atomic E-state index is -0.303. The van der Waals surface area contributed by atoms with Crippen LogP contribution in [0.15, 0.2) is 4.79 Å². The van der Waals surface area contributed by atoms with Gasteiger partial charge in [-0.25, -0.2) is 0 Å². The molecule has 0 amide bonds. The molecule has 18 heavy (non-hydrogen) atoms. The number of nitrogens with two attached hydrogens (primary N) is 1. The van der Waals surface area contributed by atoms with Crippen LogP contribution in [0, 0.1) is 5.92 Å². The Hall–Kier alpha value is -1.80. The molecule has 0 saturated heterocycles. The Bertz CT molecular complexity index is 475. The molecule has 1 aromatic rings. The predicted molar refractivity (Wildman–Crippen MR) is 67.4 cm³/mol. The number of nitrogens with zero attached hydrogens (tertiary/aromatic N) is 2. The molecule has 0 fully saturated rings. The molecule has 0 aromatic carbocycles. The first kappa shape index (κ1) is 12.7.